The minimum atomic E-state index is -0.103. The van der Waals surface area contributed by atoms with Crippen LogP contribution in [0.3, 0.4) is 0 Å². The number of hydrogen-bond acceptors (Lipinski definition) is 3. The normalized spacial score (nSPS) is 21.0. The molecule has 4 nitrogen and oxygen atoms in total. The van der Waals surface area contributed by atoms with E-state index in [0.717, 1.165) is 12.0 Å². The highest BCUT2D eigenvalue weighted by atomic mass is 16.3. The van der Waals surface area contributed by atoms with Crippen molar-refractivity contribution in [2.75, 3.05) is 19.7 Å². The number of carbonyl (C=O) groups is 1. The minimum Gasteiger partial charge on any atom is -0.394 e. The largest absolute Gasteiger partial charge is 0.394 e. The Kier molecular flexibility index (Phi) is 5.00. The summed E-state index contributed by atoms with van der Waals surface area (Å²) < 4.78 is 0. The second kappa shape index (κ2) is 6.75. The van der Waals surface area contributed by atoms with E-state index in [4.69, 9.17) is 5.73 Å². The summed E-state index contributed by atoms with van der Waals surface area (Å²) in [6.45, 7) is 4.97. The Labute approximate surface area is 125 Å². The SMILES string of the molecule is Cc1ccc(C#CCN)c(C(=O)N2CCC(C)C2CO)c1. The van der Waals surface area contributed by atoms with Crippen LogP contribution < -0.4 is 5.73 Å². The van der Waals surface area contributed by atoms with E-state index >= 15 is 0 Å². The van der Waals surface area contributed by atoms with Crippen molar-refractivity contribution in [2.45, 2.75) is 26.3 Å². The third kappa shape index (κ3) is 3.26. The van der Waals surface area contributed by atoms with Crippen molar-refractivity contribution in [1.29, 1.82) is 0 Å². The Bertz CT molecular complexity index is 586. The van der Waals surface area contributed by atoms with E-state index in [1.165, 1.54) is 0 Å². The van der Waals surface area contributed by atoms with Gasteiger partial charge in [-0.2, -0.15) is 0 Å². The smallest absolute Gasteiger partial charge is 0.255 e. The van der Waals surface area contributed by atoms with E-state index in [1.807, 2.05) is 25.1 Å². The molecule has 1 aromatic carbocycles. The van der Waals surface area contributed by atoms with Crippen LogP contribution in [0.5, 0.6) is 0 Å². The molecule has 0 saturated carbocycles. The standard InChI is InChI=1S/C17H22N2O2/c1-12-5-6-14(4-3-8-18)15(10-12)17(21)19-9-7-13(2)16(19)11-20/h5-6,10,13,16,20H,7-9,11,18H2,1-2H3. The molecule has 2 rings (SSSR count). The van der Waals surface area contributed by atoms with Crippen LogP contribution in [0.15, 0.2) is 18.2 Å². The molecule has 4 heteroatoms. The first-order valence-electron chi connectivity index (χ1n) is 7.30. The van der Waals surface area contributed by atoms with E-state index < -0.39 is 0 Å². The maximum Gasteiger partial charge on any atom is 0.255 e. The fraction of sp³-hybridized carbons (Fsp3) is 0.471. The molecular weight excluding hydrogens is 264 g/mol. The molecule has 2 atom stereocenters. The van der Waals surface area contributed by atoms with Crippen LogP contribution in [0.2, 0.25) is 0 Å². The van der Waals surface area contributed by atoms with Gasteiger partial charge >= 0.3 is 0 Å². The molecule has 0 aliphatic carbocycles. The van der Waals surface area contributed by atoms with E-state index in [-0.39, 0.29) is 25.1 Å². The number of rotatable bonds is 2. The Balaban J connectivity index is 2.36. The minimum absolute atomic E-state index is 0.00251. The summed E-state index contributed by atoms with van der Waals surface area (Å²) in [4.78, 5) is 14.6. The molecule has 1 aromatic rings. The van der Waals surface area contributed by atoms with Gasteiger partial charge in [0, 0.05) is 12.1 Å². The zero-order valence-electron chi connectivity index (χ0n) is 12.6. The van der Waals surface area contributed by atoms with Crippen molar-refractivity contribution in [3.8, 4) is 11.8 Å². The van der Waals surface area contributed by atoms with Gasteiger partial charge < -0.3 is 15.7 Å². The molecule has 0 bridgehead atoms. The molecular formula is C17H22N2O2. The zero-order valence-corrected chi connectivity index (χ0v) is 12.6. The molecule has 1 aliphatic rings. The lowest BCUT2D eigenvalue weighted by molar-refractivity contribution is 0.0648. The fourth-order valence-corrected chi connectivity index (χ4v) is 2.78. The number of benzene rings is 1. The van der Waals surface area contributed by atoms with Gasteiger partial charge in [-0.25, -0.2) is 0 Å². The summed E-state index contributed by atoms with van der Waals surface area (Å²) in [6, 6.07) is 5.56. The number of likely N-dealkylation sites (tertiary alicyclic amines) is 1. The molecule has 112 valence electrons. The number of carbonyl (C=O) groups excluding carboxylic acids is 1. The second-order valence-electron chi connectivity index (χ2n) is 5.57. The van der Waals surface area contributed by atoms with Gasteiger partial charge in [0.15, 0.2) is 0 Å². The summed E-state index contributed by atoms with van der Waals surface area (Å²) in [5, 5.41) is 9.53. The Morgan fingerprint density at radius 1 is 1.52 bits per heavy atom. The molecule has 21 heavy (non-hydrogen) atoms. The third-order valence-electron chi connectivity index (χ3n) is 4.06. The number of aliphatic hydroxyl groups is 1. The second-order valence-corrected chi connectivity index (χ2v) is 5.57. The average Bonchev–Trinajstić information content (AvgIpc) is 2.86. The molecule has 0 spiro atoms. The van der Waals surface area contributed by atoms with Crippen LogP contribution >= 0.6 is 0 Å². The number of nitrogens with two attached hydrogens (primary N) is 1. The molecule has 1 amide bonds. The van der Waals surface area contributed by atoms with Gasteiger partial charge in [0.1, 0.15) is 0 Å². The van der Waals surface area contributed by atoms with Crippen LogP contribution in [0, 0.1) is 24.7 Å². The molecule has 1 fully saturated rings. The van der Waals surface area contributed by atoms with Crippen LogP contribution in [0.25, 0.3) is 0 Å². The maximum absolute atomic E-state index is 12.8. The molecule has 1 saturated heterocycles. The van der Waals surface area contributed by atoms with Gasteiger partial charge in [0.2, 0.25) is 0 Å². The number of nitrogens with zero attached hydrogens (tertiary/aromatic N) is 1. The molecule has 0 radical (unpaired) electrons. The number of hydrogen-bond donors (Lipinski definition) is 2. The zero-order chi connectivity index (χ0) is 15.4. The first kappa shape index (κ1) is 15.6. The van der Waals surface area contributed by atoms with Crippen molar-refractivity contribution >= 4 is 5.91 Å². The molecule has 1 aliphatic heterocycles. The highest BCUT2D eigenvalue weighted by Gasteiger charge is 2.34. The van der Waals surface area contributed by atoms with Gasteiger partial charge in [-0.1, -0.05) is 30.4 Å². The predicted molar refractivity (Wildman–Crippen MR) is 82.8 cm³/mol. The topological polar surface area (TPSA) is 66.6 Å². The number of amides is 1. The summed E-state index contributed by atoms with van der Waals surface area (Å²) >= 11 is 0. The molecule has 1 heterocycles. The number of aryl methyl sites for hydroxylation is 1. The van der Waals surface area contributed by atoms with Crippen molar-refractivity contribution in [3.05, 3.63) is 34.9 Å². The van der Waals surface area contributed by atoms with Gasteiger partial charge in [-0.05, 0) is 31.4 Å². The molecule has 0 aromatic heterocycles. The van der Waals surface area contributed by atoms with Crippen molar-refractivity contribution in [3.63, 3.8) is 0 Å². The van der Waals surface area contributed by atoms with Gasteiger partial charge in [0.25, 0.3) is 5.91 Å². The van der Waals surface area contributed by atoms with Gasteiger partial charge in [-0.15, -0.1) is 0 Å². The van der Waals surface area contributed by atoms with E-state index in [9.17, 15) is 9.90 Å². The predicted octanol–water partition coefficient (Wildman–Crippen LogP) is 1.15. The summed E-state index contributed by atoms with van der Waals surface area (Å²) in [5.41, 5.74) is 7.73. The summed E-state index contributed by atoms with van der Waals surface area (Å²) in [5.74, 6) is 6.03. The average molecular weight is 286 g/mol. The van der Waals surface area contributed by atoms with E-state index in [0.29, 0.717) is 23.6 Å². The highest BCUT2D eigenvalue weighted by molar-refractivity contribution is 5.97. The van der Waals surface area contributed by atoms with Gasteiger partial charge in [0.05, 0.1) is 24.8 Å². The van der Waals surface area contributed by atoms with Crippen LogP contribution in [0.1, 0.15) is 34.8 Å². The summed E-state index contributed by atoms with van der Waals surface area (Å²) in [7, 11) is 0. The first-order valence-corrected chi connectivity index (χ1v) is 7.30. The highest BCUT2D eigenvalue weighted by Crippen LogP contribution is 2.26. The van der Waals surface area contributed by atoms with Crippen LogP contribution in [-0.2, 0) is 0 Å². The molecule has 2 unspecified atom stereocenters. The van der Waals surface area contributed by atoms with Crippen molar-refractivity contribution in [2.24, 2.45) is 11.7 Å². The van der Waals surface area contributed by atoms with E-state index in [1.54, 1.807) is 4.90 Å². The van der Waals surface area contributed by atoms with E-state index in [2.05, 4.69) is 18.8 Å². The third-order valence-corrected chi connectivity index (χ3v) is 4.06. The maximum atomic E-state index is 12.8. The fourth-order valence-electron chi connectivity index (χ4n) is 2.78. The first-order chi connectivity index (χ1) is 10.1. The monoisotopic (exact) mass is 286 g/mol. The Morgan fingerprint density at radius 2 is 2.29 bits per heavy atom. The lowest BCUT2D eigenvalue weighted by atomic mass is 10.0. The summed E-state index contributed by atoms with van der Waals surface area (Å²) in [6.07, 6.45) is 0.923. The Hall–Kier alpha value is -1.83. The van der Waals surface area contributed by atoms with Crippen LogP contribution in [-0.4, -0.2) is 41.7 Å². The molecule has 3 N–H and O–H groups in total. The van der Waals surface area contributed by atoms with Crippen LogP contribution in [0.4, 0.5) is 0 Å². The van der Waals surface area contributed by atoms with Crippen molar-refractivity contribution in [1.82, 2.24) is 4.90 Å². The number of aliphatic hydroxyl groups excluding tert-OH is 1. The van der Waals surface area contributed by atoms with Gasteiger partial charge in [-0.3, -0.25) is 4.79 Å². The lowest BCUT2D eigenvalue weighted by Crippen LogP contribution is -2.40. The van der Waals surface area contributed by atoms with Crippen molar-refractivity contribution < 1.29 is 9.90 Å². The quantitative estimate of drug-likeness (QED) is 0.801. The Morgan fingerprint density at radius 3 is 2.95 bits per heavy atom. The lowest BCUT2D eigenvalue weighted by Gasteiger charge is -2.25.